The Morgan fingerprint density at radius 2 is 2.00 bits per heavy atom. The number of carbonyl (C=O) groups is 1. The maximum Gasteiger partial charge on any atom is 0.230 e. The fraction of sp³-hybridized carbons (Fsp3) is 0.364. The van der Waals surface area contributed by atoms with Gasteiger partial charge in [0.1, 0.15) is 0 Å². The van der Waals surface area contributed by atoms with Gasteiger partial charge in [0.2, 0.25) is 11.1 Å². The second kappa shape index (κ2) is 9.40. The summed E-state index contributed by atoms with van der Waals surface area (Å²) in [6.45, 7) is 6.91. The van der Waals surface area contributed by atoms with E-state index < -0.39 is 0 Å². The highest BCUT2D eigenvalue weighted by atomic mass is 32.2. The zero-order chi connectivity index (χ0) is 20.9. The van der Waals surface area contributed by atoms with Gasteiger partial charge in [-0.2, -0.15) is 4.68 Å². The molecule has 1 aromatic heterocycles. The number of aromatic nitrogens is 4. The van der Waals surface area contributed by atoms with Crippen molar-refractivity contribution in [2.24, 2.45) is 0 Å². The summed E-state index contributed by atoms with van der Waals surface area (Å²) in [6.07, 6.45) is 0.976. The topological polar surface area (TPSA) is 75.9 Å². The first-order chi connectivity index (χ1) is 14.6. The standard InChI is InChI=1S/C22H26N6OS/c1-16-7-6-10-20(17(16)2)28-22(24-25-26-28)30-15-21(29)23-19-11-12-27(14-19)13-18-8-4-3-5-9-18/h3-10,19H,11-15H2,1-2H3,(H,23,29)/t19-/m0/s1. The molecule has 0 aliphatic carbocycles. The zero-order valence-electron chi connectivity index (χ0n) is 17.3. The van der Waals surface area contributed by atoms with E-state index in [4.69, 9.17) is 0 Å². The number of benzene rings is 2. The fourth-order valence-corrected chi connectivity index (χ4v) is 4.42. The molecular weight excluding hydrogens is 396 g/mol. The number of nitrogens with one attached hydrogen (secondary N) is 1. The van der Waals surface area contributed by atoms with Crippen LogP contribution in [0.15, 0.2) is 53.7 Å². The lowest BCUT2D eigenvalue weighted by atomic mass is 10.1. The molecule has 1 saturated heterocycles. The summed E-state index contributed by atoms with van der Waals surface area (Å²) < 4.78 is 1.71. The number of hydrogen-bond acceptors (Lipinski definition) is 6. The van der Waals surface area contributed by atoms with Crippen LogP contribution < -0.4 is 5.32 Å². The molecule has 1 N–H and O–H groups in total. The van der Waals surface area contributed by atoms with Gasteiger partial charge < -0.3 is 5.32 Å². The summed E-state index contributed by atoms with van der Waals surface area (Å²) in [7, 11) is 0. The number of aryl methyl sites for hydroxylation is 1. The van der Waals surface area contributed by atoms with Crippen LogP contribution in [0.1, 0.15) is 23.1 Å². The van der Waals surface area contributed by atoms with Crippen LogP contribution in [0, 0.1) is 13.8 Å². The molecular formula is C22H26N6OS. The average molecular weight is 423 g/mol. The number of tetrazole rings is 1. The van der Waals surface area contributed by atoms with Gasteiger partial charge in [-0.05, 0) is 53.5 Å². The normalized spacial score (nSPS) is 16.7. The third-order valence-electron chi connectivity index (χ3n) is 5.46. The molecule has 4 rings (SSSR count). The van der Waals surface area contributed by atoms with Gasteiger partial charge in [-0.3, -0.25) is 9.69 Å². The number of hydrogen-bond donors (Lipinski definition) is 1. The van der Waals surface area contributed by atoms with Crippen molar-refractivity contribution in [1.29, 1.82) is 0 Å². The van der Waals surface area contributed by atoms with Crippen LogP contribution in [0.4, 0.5) is 0 Å². The van der Waals surface area contributed by atoms with Gasteiger partial charge in [-0.1, -0.05) is 54.2 Å². The van der Waals surface area contributed by atoms with E-state index in [0.717, 1.165) is 37.3 Å². The van der Waals surface area contributed by atoms with E-state index in [9.17, 15) is 4.79 Å². The minimum atomic E-state index is 0.0158. The Labute approximate surface area is 180 Å². The minimum absolute atomic E-state index is 0.0158. The predicted octanol–water partition coefficient (Wildman–Crippen LogP) is 2.76. The van der Waals surface area contributed by atoms with Crippen LogP contribution in [-0.4, -0.2) is 55.9 Å². The van der Waals surface area contributed by atoms with E-state index in [-0.39, 0.29) is 11.9 Å². The van der Waals surface area contributed by atoms with E-state index in [1.165, 1.54) is 22.9 Å². The van der Waals surface area contributed by atoms with Gasteiger partial charge in [-0.15, -0.1) is 5.10 Å². The monoisotopic (exact) mass is 422 g/mol. The van der Waals surface area contributed by atoms with Crippen molar-refractivity contribution in [3.8, 4) is 5.69 Å². The largest absolute Gasteiger partial charge is 0.351 e. The molecule has 0 unspecified atom stereocenters. The third-order valence-corrected chi connectivity index (χ3v) is 6.38. The molecule has 3 aromatic rings. The maximum atomic E-state index is 12.5. The Hall–Kier alpha value is -2.71. The van der Waals surface area contributed by atoms with E-state index in [1.54, 1.807) is 4.68 Å². The molecule has 2 aromatic carbocycles. The van der Waals surface area contributed by atoms with Crippen molar-refractivity contribution in [1.82, 2.24) is 30.4 Å². The first kappa shape index (κ1) is 20.6. The molecule has 0 radical (unpaired) electrons. The summed E-state index contributed by atoms with van der Waals surface area (Å²) in [5.41, 5.74) is 4.55. The van der Waals surface area contributed by atoms with Crippen molar-refractivity contribution in [2.75, 3.05) is 18.8 Å². The lowest BCUT2D eigenvalue weighted by Gasteiger charge is -2.16. The molecule has 0 spiro atoms. The van der Waals surface area contributed by atoms with Crippen molar-refractivity contribution in [3.63, 3.8) is 0 Å². The molecule has 0 bridgehead atoms. The first-order valence-corrected chi connectivity index (χ1v) is 11.1. The Morgan fingerprint density at radius 1 is 1.17 bits per heavy atom. The number of thioether (sulfide) groups is 1. The molecule has 1 aliphatic rings. The van der Waals surface area contributed by atoms with Gasteiger partial charge in [0.05, 0.1) is 11.4 Å². The molecule has 2 heterocycles. The van der Waals surface area contributed by atoms with Gasteiger partial charge in [0, 0.05) is 25.7 Å². The smallest absolute Gasteiger partial charge is 0.230 e. The second-order valence-electron chi connectivity index (χ2n) is 7.65. The molecule has 1 aliphatic heterocycles. The summed E-state index contributed by atoms with van der Waals surface area (Å²) in [5, 5.41) is 15.8. The van der Waals surface area contributed by atoms with Crippen LogP contribution in [-0.2, 0) is 11.3 Å². The minimum Gasteiger partial charge on any atom is -0.351 e. The highest BCUT2D eigenvalue weighted by molar-refractivity contribution is 7.99. The highest BCUT2D eigenvalue weighted by Gasteiger charge is 2.24. The lowest BCUT2D eigenvalue weighted by molar-refractivity contribution is -0.119. The Balaban J connectivity index is 1.29. The predicted molar refractivity (Wildman–Crippen MR) is 118 cm³/mol. The molecule has 1 amide bonds. The first-order valence-electron chi connectivity index (χ1n) is 10.1. The van der Waals surface area contributed by atoms with Gasteiger partial charge >= 0.3 is 0 Å². The lowest BCUT2D eigenvalue weighted by Crippen LogP contribution is -2.38. The zero-order valence-corrected chi connectivity index (χ0v) is 18.1. The van der Waals surface area contributed by atoms with Gasteiger partial charge in [0.25, 0.3) is 0 Å². The molecule has 1 fully saturated rings. The highest BCUT2D eigenvalue weighted by Crippen LogP contribution is 2.22. The number of nitrogens with zero attached hydrogens (tertiary/aromatic N) is 5. The molecule has 30 heavy (non-hydrogen) atoms. The second-order valence-corrected chi connectivity index (χ2v) is 8.60. The van der Waals surface area contributed by atoms with Crippen molar-refractivity contribution in [2.45, 2.75) is 38.0 Å². The van der Waals surface area contributed by atoms with E-state index in [1.807, 2.05) is 18.2 Å². The van der Waals surface area contributed by atoms with E-state index in [2.05, 4.69) is 69.9 Å². The fourth-order valence-electron chi connectivity index (χ4n) is 3.72. The summed E-state index contributed by atoms with van der Waals surface area (Å²) in [5.74, 6) is 0.308. The molecule has 8 heteroatoms. The number of amides is 1. The van der Waals surface area contributed by atoms with Crippen molar-refractivity contribution < 1.29 is 4.79 Å². The van der Waals surface area contributed by atoms with Crippen LogP contribution >= 0.6 is 11.8 Å². The summed E-state index contributed by atoms with van der Waals surface area (Å²) in [4.78, 5) is 14.9. The molecule has 156 valence electrons. The van der Waals surface area contributed by atoms with Gasteiger partial charge in [-0.25, -0.2) is 0 Å². The van der Waals surface area contributed by atoms with Gasteiger partial charge in [0.15, 0.2) is 0 Å². The quantitative estimate of drug-likeness (QED) is 0.590. The molecule has 0 saturated carbocycles. The van der Waals surface area contributed by atoms with Crippen LogP contribution in [0.3, 0.4) is 0 Å². The van der Waals surface area contributed by atoms with Crippen molar-refractivity contribution in [3.05, 3.63) is 65.2 Å². The van der Waals surface area contributed by atoms with E-state index in [0.29, 0.717) is 10.9 Å². The van der Waals surface area contributed by atoms with E-state index >= 15 is 0 Å². The third kappa shape index (κ3) is 4.88. The maximum absolute atomic E-state index is 12.5. The van der Waals surface area contributed by atoms with Crippen LogP contribution in [0.5, 0.6) is 0 Å². The summed E-state index contributed by atoms with van der Waals surface area (Å²) >= 11 is 1.36. The molecule has 7 nitrogen and oxygen atoms in total. The SMILES string of the molecule is Cc1cccc(-n2nnnc2SCC(=O)N[C@H]2CCN(Cc3ccccc3)C2)c1C. The Kier molecular flexibility index (Phi) is 6.44. The molecule has 1 atom stereocenters. The summed E-state index contributed by atoms with van der Waals surface area (Å²) in [6, 6.07) is 16.7. The average Bonchev–Trinajstić information content (AvgIpc) is 3.39. The van der Waals surface area contributed by atoms with Crippen molar-refractivity contribution >= 4 is 17.7 Å². The van der Waals surface area contributed by atoms with Crippen LogP contribution in [0.25, 0.3) is 5.69 Å². The Morgan fingerprint density at radius 3 is 2.83 bits per heavy atom. The number of rotatable bonds is 7. The Bertz CT molecular complexity index is 1010. The number of carbonyl (C=O) groups excluding carboxylic acids is 1. The van der Waals surface area contributed by atoms with Crippen LogP contribution in [0.2, 0.25) is 0 Å². The number of likely N-dealkylation sites (tertiary alicyclic amines) is 1.